The molecule has 11 heteroatoms. The minimum absolute atomic E-state index is 0.122. The van der Waals surface area contributed by atoms with Crippen LogP contribution in [-0.4, -0.2) is 47.4 Å². The summed E-state index contributed by atoms with van der Waals surface area (Å²) in [6.45, 7) is 8.37. The predicted octanol–water partition coefficient (Wildman–Crippen LogP) is 2.79. The zero-order chi connectivity index (χ0) is 26.3. The fourth-order valence-corrected chi connectivity index (χ4v) is 4.39. The number of hydrogen-bond donors (Lipinski definition) is 3. The van der Waals surface area contributed by atoms with E-state index < -0.39 is 5.60 Å². The third kappa shape index (κ3) is 4.45. The van der Waals surface area contributed by atoms with Gasteiger partial charge >= 0.3 is 6.03 Å². The van der Waals surface area contributed by atoms with Crippen molar-refractivity contribution in [3.8, 4) is 5.82 Å². The summed E-state index contributed by atoms with van der Waals surface area (Å²) in [7, 11) is 1.62. The summed E-state index contributed by atoms with van der Waals surface area (Å²) in [5.74, 6) is 0.738. The normalized spacial score (nSPS) is 13.0. The third-order valence-corrected chi connectivity index (χ3v) is 6.24. The van der Waals surface area contributed by atoms with Gasteiger partial charge in [-0.15, -0.1) is 6.58 Å². The zero-order valence-corrected chi connectivity index (χ0v) is 20.9. The molecular formula is C26H28N8O3. The predicted molar refractivity (Wildman–Crippen MR) is 140 cm³/mol. The Morgan fingerprint density at radius 3 is 2.70 bits per heavy atom. The quantitative estimate of drug-likeness (QED) is 0.347. The van der Waals surface area contributed by atoms with Crippen LogP contribution in [0.3, 0.4) is 0 Å². The van der Waals surface area contributed by atoms with E-state index in [1.807, 2.05) is 18.2 Å². The minimum Gasteiger partial charge on any atom is -0.384 e. The maximum atomic E-state index is 13.2. The van der Waals surface area contributed by atoms with E-state index >= 15 is 0 Å². The number of anilines is 2. The molecule has 0 spiro atoms. The molecule has 190 valence electrons. The molecule has 1 aromatic carbocycles. The second-order valence-corrected chi connectivity index (χ2v) is 9.38. The van der Waals surface area contributed by atoms with Crippen molar-refractivity contribution in [3.05, 3.63) is 82.4 Å². The molecule has 0 aliphatic carbocycles. The molecule has 2 amide bonds. The number of nitrogens with zero attached hydrogens (tertiary/aromatic N) is 6. The Kier molecular flexibility index (Phi) is 6.00. The number of nitrogens with one attached hydrogen (secondary N) is 2. The van der Waals surface area contributed by atoms with Crippen LogP contribution in [-0.2, 0) is 25.2 Å². The largest absolute Gasteiger partial charge is 0.384 e. The van der Waals surface area contributed by atoms with Crippen molar-refractivity contribution in [1.82, 2.24) is 34.5 Å². The number of hydrogen-bond acceptors (Lipinski definition) is 7. The number of amides is 2. The molecule has 0 unspecified atom stereocenters. The van der Waals surface area contributed by atoms with Crippen LogP contribution in [0.1, 0.15) is 30.7 Å². The summed E-state index contributed by atoms with van der Waals surface area (Å²) in [5.41, 5.74) is 2.28. The van der Waals surface area contributed by atoms with Gasteiger partial charge in [0, 0.05) is 32.0 Å². The molecule has 0 radical (unpaired) electrons. The van der Waals surface area contributed by atoms with Gasteiger partial charge in [0.15, 0.2) is 11.5 Å². The van der Waals surface area contributed by atoms with Crippen molar-refractivity contribution >= 4 is 28.7 Å². The van der Waals surface area contributed by atoms with Crippen molar-refractivity contribution in [2.45, 2.75) is 39.1 Å². The van der Waals surface area contributed by atoms with Gasteiger partial charge in [-0.3, -0.25) is 4.79 Å². The Morgan fingerprint density at radius 2 is 1.97 bits per heavy atom. The van der Waals surface area contributed by atoms with Crippen LogP contribution >= 0.6 is 0 Å². The molecule has 0 bridgehead atoms. The number of carbonyl (C=O) groups excluding carboxylic acids is 1. The molecule has 0 saturated carbocycles. The molecule has 3 aromatic heterocycles. The number of carbonyl (C=O) groups is 1. The molecule has 0 fully saturated rings. The van der Waals surface area contributed by atoms with Crippen LogP contribution in [0.2, 0.25) is 0 Å². The number of urea groups is 1. The summed E-state index contributed by atoms with van der Waals surface area (Å²) in [4.78, 5) is 40.6. The lowest BCUT2D eigenvalue weighted by atomic mass is 10.1. The van der Waals surface area contributed by atoms with Gasteiger partial charge in [0.05, 0.1) is 12.2 Å². The minimum atomic E-state index is -1.16. The molecule has 11 nitrogen and oxygen atoms in total. The Morgan fingerprint density at radius 1 is 1.19 bits per heavy atom. The molecule has 0 atom stereocenters. The first-order valence-corrected chi connectivity index (χ1v) is 11.8. The Hall–Kier alpha value is -4.51. The lowest BCUT2D eigenvalue weighted by Gasteiger charge is -2.18. The van der Waals surface area contributed by atoms with Gasteiger partial charge in [0.25, 0.3) is 5.56 Å². The number of fused-ring (bicyclic) bond motifs is 2. The van der Waals surface area contributed by atoms with Gasteiger partial charge in [-0.05, 0) is 49.2 Å². The van der Waals surface area contributed by atoms with Crippen LogP contribution in [0.4, 0.5) is 16.4 Å². The van der Waals surface area contributed by atoms with Gasteiger partial charge in [-0.25, -0.2) is 24.1 Å². The smallest absolute Gasteiger partial charge is 0.317 e. The fourth-order valence-electron chi connectivity index (χ4n) is 4.39. The molecular weight excluding hydrogens is 472 g/mol. The Labute approximate surface area is 213 Å². The van der Waals surface area contributed by atoms with Crippen LogP contribution in [0, 0.1) is 0 Å². The number of aromatic nitrogens is 5. The SMILES string of the molecule is C=CCn1c(=O)c2cnc(Nc3ccc4c(c3)CN(C(=O)NC)C4)nc2n1-c1cccc(C(C)(C)O)n1. The first kappa shape index (κ1) is 24.2. The van der Waals surface area contributed by atoms with E-state index in [1.165, 1.54) is 10.9 Å². The van der Waals surface area contributed by atoms with Gasteiger partial charge in [0.2, 0.25) is 5.95 Å². The lowest BCUT2D eigenvalue weighted by molar-refractivity contribution is 0.0738. The van der Waals surface area contributed by atoms with Crippen LogP contribution < -0.4 is 16.2 Å². The highest BCUT2D eigenvalue weighted by Crippen LogP contribution is 2.27. The van der Waals surface area contributed by atoms with E-state index in [4.69, 9.17) is 0 Å². The zero-order valence-electron chi connectivity index (χ0n) is 20.9. The highest BCUT2D eigenvalue weighted by Gasteiger charge is 2.24. The number of aliphatic hydroxyl groups is 1. The second kappa shape index (κ2) is 9.17. The number of rotatable bonds is 6. The van der Waals surface area contributed by atoms with Crippen LogP contribution in [0.5, 0.6) is 0 Å². The van der Waals surface area contributed by atoms with Crippen LogP contribution in [0.15, 0.2) is 60.0 Å². The van der Waals surface area contributed by atoms with E-state index in [0.717, 1.165) is 16.8 Å². The maximum Gasteiger partial charge on any atom is 0.317 e. The first-order chi connectivity index (χ1) is 17.7. The highest BCUT2D eigenvalue weighted by atomic mass is 16.3. The topological polar surface area (TPSA) is 130 Å². The molecule has 4 aromatic rings. The Bertz CT molecular complexity index is 1580. The molecule has 3 N–H and O–H groups in total. The van der Waals surface area contributed by atoms with Crippen molar-refractivity contribution < 1.29 is 9.90 Å². The summed E-state index contributed by atoms with van der Waals surface area (Å²) < 4.78 is 3.10. The fraction of sp³-hybridized carbons (Fsp3) is 0.269. The summed E-state index contributed by atoms with van der Waals surface area (Å²) in [6, 6.07) is 11.0. The van der Waals surface area contributed by atoms with Crippen molar-refractivity contribution in [2.75, 3.05) is 12.4 Å². The number of benzene rings is 1. The summed E-state index contributed by atoms with van der Waals surface area (Å²) >= 11 is 0. The van der Waals surface area contributed by atoms with E-state index in [-0.39, 0.29) is 18.1 Å². The van der Waals surface area contributed by atoms with E-state index in [2.05, 4.69) is 32.2 Å². The van der Waals surface area contributed by atoms with Gasteiger partial charge in [0.1, 0.15) is 11.0 Å². The van der Waals surface area contributed by atoms with E-state index in [9.17, 15) is 14.7 Å². The summed E-state index contributed by atoms with van der Waals surface area (Å²) in [6.07, 6.45) is 3.11. The van der Waals surface area contributed by atoms with Crippen molar-refractivity contribution in [3.63, 3.8) is 0 Å². The number of pyridine rings is 1. The first-order valence-electron chi connectivity index (χ1n) is 11.8. The van der Waals surface area contributed by atoms with Gasteiger partial charge in [-0.1, -0.05) is 18.2 Å². The average Bonchev–Trinajstić information content (AvgIpc) is 3.42. The molecule has 1 aliphatic rings. The molecule has 37 heavy (non-hydrogen) atoms. The molecule has 4 heterocycles. The van der Waals surface area contributed by atoms with Crippen LogP contribution in [0.25, 0.3) is 16.9 Å². The Balaban J connectivity index is 1.55. The maximum absolute atomic E-state index is 13.2. The highest BCUT2D eigenvalue weighted by molar-refractivity contribution is 5.77. The lowest BCUT2D eigenvalue weighted by Crippen LogP contribution is -2.33. The van der Waals surface area contributed by atoms with Gasteiger partial charge < -0.3 is 20.6 Å². The standard InChI is InChI=1S/C26H28N8O3/c1-5-11-33-23(35)19-13-28-24(29-18-10-9-16-14-32(25(36)27-4)15-17(16)12-18)31-22(19)34(33)21-8-6-7-20(30-21)26(2,3)37/h5-10,12-13,37H,1,11,14-15H2,2-4H3,(H,27,36)(H,28,29,31). The van der Waals surface area contributed by atoms with E-state index in [1.54, 1.807) is 54.8 Å². The molecule has 5 rings (SSSR count). The molecule has 0 saturated heterocycles. The summed E-state index contributed by atoms with van der Waals surface area (Å²) in [5, 5.41) is 16.7. The number of allylic oxidation sites excluding steroid dienone is 1. The van der Waals surface area contributed by atoms with Gasteiger partial charge in [-0.2, -0.15) is 4.98 Å². The monoisotopic (exact) mass is 500 g/mol. The van der Waals surface area contributed by atoms with Crippen molar-refractivity contribution in [2.24, 2.45) is 0 Å². The van der Waals surface area contributed by atoms with Crippen molar-refractivity contribution in [1.29, 1.82) is 0 Å². The average molecular weight is 501 g/mol. The second-order valence-electron chi connectivity index (χ2n) is 9.38. The third-order valence-electron chi connectivity index (χ3n) is 6.24. The molecule has 1 aliphatic heterocycles. The van der Waals surface area contributed by atoms with E-state index in [0.29, 0.717) is 41.6 Å².